The molecule has 1 atom stereocenters. The summed E-state index contributed by atoms with van der Waals surface area (Å²) in [5.41, 5.74) is -0.200. The van der Waals surface area contributed by atoms with Crippen molar-refractivity contribution in [2.24, 2.45) is 4.99 Å². The maximum absolute atomic E-state index is 12.3. The first-order chi connectivity index (χ1) is 7.99. The predicted molar refractivity (Wildman–Crippen MR) is 54.2 cm³/mol. The molecule has 0 saturated heterocycles. The Kier molecular flexibility index (Phi) is 4.43. The van der Waals surface area contributed by atoms with Crippen LogP contribution in [0.5, 0.6) is 0 Å². The Bertz CT molecular complexity index is 408. The second-order valence-electron chi connectivity index (χ2n) is 3.28. The van der Waals surface area contributed by atoms with Gasteiger partial charge < -0.3 is 4.74 Å². The van der Waals surface area contributed by atoms with Crippen LogP contribution in [0, 0.1) is 0 Å². The second-order valence-corrected chi connectivity index (χ2v) is 3.28. The van der Waals surface area contributed by atoms with E-state index in [0.29, 0.717) is 5.56 Å². The summed E-state index contributed by atoms with van der Waals surface area (Å²) in [4.78, 5) is 13.3. The maximum atomic E-state index is 12.3. The van der Waals surface area contributed by atoms with E-state index in [1.54, 1.807) is 0 Å². The van der Waals surface area contributed by atoms with Gasteiger partial charge in [-0.2, -0.15) is 13.2 Å². The summed E-state index contributed by atoms with van der Waals surface area (Å²) in [5.74, 6) is 0. The number of rotatable bonds is 4. The fraction of sp³-hybridized carbons (Fsp3) is 0.364. The molecule has 92 valence electrons. The van der Waals surface area contributed by atoms with E-state index in [4.69, 9.17) is 4.74 Å². The number of nitrogens with zero attached hydrogens (tertiary/aromatic N) is 1. The summed E-state index contributed by atoms with van der Waals surface area (Å²) in [5, 5.41) is 0. The molecular weight excluding hydrogens is 235 g/mol. The van der Waals surface area contributed by atoms with E-state index < -0.39 is 17.8 Å². The molecule has 1 aromatic rings. The number of benzene rings is 1. The molecule has 3 nitrogen and oxygen atoms in total. The Balaban J connectivity index is 2.88. The van der Waals surface area contributed by atoms with Crippen molar-refractivity contribution >= 4 is 6.08 Å². The fourth-order valence-electron chi connectivity index (χ4n) is 1.32. The first kappa shape index (κ1) is 13.4. The maximum Gasteiger partial charge on any atom is 0.416 e. The molecule has 17 heavy (non-hydrogen) atoms. The topological polar surface area (TPSA) is 38.7 Å². The zero-order valence-corrected chi connectivity index (χ0v) is 8.99. The SMILES string of the molecule is COC(CN=C=O)c1ccc(C(F)(F)F)cc1. The highest BCUT2D eigenvalue weighted by Gasteiger charge is 2.30. The minimum absolute atomic E-state index is 0.0331. The van der Waals surface area contributed by atoms with Gasteiger partial charge in [0.25, 0.3) is 0 Å². The lowest BCUT2D eigenvalue weighted by atomic mass is 10.1. The number of isocyanates is 1. The number of methoxy groups -OCH3 is 1. The highest BCUT2D eigenvalue weighted by molar-refractivity contribution is 5.33. The molecule has 0 aliphatic rings. The van der Waals surface area contributed by atoms with Crippen molar-refractivity contribution in [2.45, 2.75) is 12.3 Å². The Labute approximate surface area is 95.9 Å². The third-order valence-corrected chi connectivity index (χ3v) is 2.22. The zero-order valence-electron chi connectivity index (χ0n) is 8.99. The van der Waals surface area contributed by atoms with Gasteiger partial charge in [0.15, 0.2) is 0 Å². The van der Waals surface area contributed by atoms with Crippen LogP contribution in [0.3, 0.4) is 0 Å². The van der Waals surface area contributed by atoms with Crippen molar-refractivity contribution in [3.05, 3.63) is 35.4 Å². The number of hydrogen-bond acceptors (Lipinski definition) is 3. The Morgan fingerprint density at radius 1 is 1.35 bits per heavy atom. The van der Waals surface area contributed by atoms with Gasteiger partial charge in [-0.1, -0.05) is 12.1 Å². The van der Waals surface area contributed by atoms with Gasteiger partial charge in [0, 0.05) is 7.11 Å². The minimum Gasteiger partial charge on any atom is -0.375 e. The number of halogens is 3. The van der Waals surface area contributed by atoms with Crippen molar-refractivity contribution in [3.63, 3.8) is 0 Å². The molecule has 0 aromatic heterocycles. The highest BCUT2D eigenvalue weighted by atomic mass is 19.4. The molecule has 0 N–H and O–H groups in total. The summed E-state index contributed by atoms with van der Waals surface area (Å²) in [7, 11) is 1.39. The molecule has 1 rings (SSSR count). The lowest BCUT2D eigenvalue weighted by Crippen LogP contribution is -2.08. The molecule has 0 fully saturated rings. The second kappa shape index (κ2) is 5.61. The summed E-state index contributed by atoms with van der Waals surface area (Å²) in [6, 6.07) is 4.53. The van der Waals surface area contributed by atoms with Gasteiger partial charge >= 0.3 is 6.18 Å². The summed E-state index contributed by atoms with van der Waals surface area (Å²) >= 11 is 0. The lowest BCUT2D eigenvalue weighted by Gasteiger charge is -2.13. The first-order valence-corrected chi connectivity index (χ1v) is 4.72. The smallest absolute Gasteiger partial charge is 0.375 e. The van der Waals surface area contributed by atoms with Crippen molar-refractivity contribution < 1.29 is 22.7 Å². The van der Waals surface area contributed by atoms with E-state index in [2.05, 4.69) is 4.99 Å². The third-order valence-electron chi connectivity index (χ3n) is 2.22. The summed E-state index contributed by atoms with van der Waals surface area (Å²) in [6.45, 7) is 0.0331. The van der Waals surface area contributed by atoms with Gasteiger partial charge in [-0.25, -0.2) is 9.79 Å². The molecule has 0 bridgehead atoms. The number of aliphatic imine (C=N–C) groups is 1. The van der Waals surface area contributed by atoms with Gasteiger partial charge in [-0.3, -0.25) is 0 Å². The summed E-state index contributed by atoms with van der Waals surface area (Å²) < 4.78 is 41.9. The summed E-state index contributed by atoms with van der Waals surface area (Å²) in [6.07, 6.45) is -3.55. The van der Waals surface area contributed by atoms with Crippen molar-refractivity contribution in [1.82, 2.24) is 0 Å². The van der Waals surface area contributed by atoms with E-state index in [-0.39, 0.29) is 6.54 Å². The monoisotopic (exact) mass is 245 g/mol. The van der Waals surface area contributed by atoms with E-state index in [1.165, 1.54) is 25.3 Å². The fourth-order valence-corrected chi connectivity index (χ4v) is 1.32. The van der Waals surface area contributed by atoms with Gasteiger partial charge in [-0.15, -0.1) is 0 Å². The van der Waals surface area contributed by atoms with Crippen LogP contribution in [0.2, 0.25) is 0 Å². The number of carbonyl (C=O) groups excluding carboxylic acids is 1. The molecule has 0 amide bonds. The third kappa shape index (κ3) is 3.69. The van der Waals surface area contributed by atoms with Crippen LogP contribution in [-0.4, -0.2) is 19.7 Å². The number of hydrogen-bond donors (Lipinski definition) is 0. The van der Waals surface area contributed by atoms with Crippen LogP contribution in [0.25, 0.3) is 0 Å². The average molecular weight is 245 g/mol. The van der Waals surface area contributed by atoms with E-state index in [1.807, 2.05) is 0 Å². The highest BCUT2D eigenvalue weighted by Crippen LogP contribution is 2.30. The van der Waals surface area contributed by atoms with Crippen LogP contribution in [0.4, 0.5) is 13.2 Å². The van der Waals surface area contributed by atoms with Crippen molar-refractivity contribution in [2.75, 3.05) is 13.7 Å². The standard InChI is InChI=1S/C11H10F3NO2/c1-17-10(6-15-7-16)8-2-4-9(5-3-8)11(12,13)14/h2-5,10H,6H2,1H3. The molecule has 1 aromatic carbocycles. The first-order valence-electron chi connectivity index (χ1n) is 4.72. The van der Waals surface area contributed by atoms with Crippen LogP contribution < -0.4 is 0 Å². The number of alkyl halides is 3. The van der Waals surface area contributed by atoms with E-state index in [9.17, 15) is 18.0 Å². The van der Waals surface area contributed by atoms with Gasteiger partial charge in [-0.05, 0) is 17.7 Å². The Morgan fingerprint density at radius 3 is 2.35 bits per heavy atom. The molecule has 6 heteroatoms. The largest absolute Gasteiger partial charge is 0.416 e. The molecule has 0 radical (unpaired) electrons. The molecule has 0 aliphatic heterocycles. The average Bonchev–Trinajstić information content (AvgIpc) is 2.29. The van der Waals surface area contributed by atoms with Gasteiger partial charge in [0.2, 0.25) is 6.08 Å². The molecule has 0 heterocycles. The minimum atomic E-state index is -4.36. The van der Waals surface area contributed by atoms with Crippen LogP contribution in [0.15, 0.2) is 29.3 Å². The van der Waals surface area contributed by atoms with Gasteiger partial charge in [0.05, 0.1) is 12.1 Å². The predicted octanol–water partition coefficient (Wildman–Crippen LogP) is 2.73. The van der Waals surface area contributed by atoms with Crippen molar-refractivity contribution in [1.29, 1.82) is 0 Å². The molecular formula is C11H10F3NO2. The van der Waals surface area contributed by atoms with Crippen LogP contribution in [0.1, 0.15) is 17.2 Å². The molecule has 0 spiro atoms. The van der Waals surface area contributed by atoms with E-state index in [0.717, 1.165) is 12.1 Å². The Hall–Kier alpha value is -1.65. The van der Waals surface area contributed by atoms with Crippen LogP contribution >= 0.6 is 0 Å². The normalized spacial score (nSPS) is 12.9. The number of ether oxygens (including phenoxy) is 1. The molecule has 1 unspecified atom stereocenters. The van der Waals surface area contributed by atoms with Crippen molar-refractivity contribution in [3.8, 4) is 0 Å². The Morgan fingerprint density at radius 2 is 1.94 bits per heavy atom. The quantitative estimate of drug-likeness (QED) is 0.604. The van der Waals surface area contributed by atoms with Crippen LogP contribution in [-0.2, 0) is 15.7 Å². The zero-order chi connectivity index (χ0) is 12.9. The van der Waals surface area contributed by atoms with E-state index >= 15 is 0 Å². The lowest BCUT2D eigenvalue weighted by molar-refractivity contribution is -0.137. The molecule has 0 aliphatic carbocycles. The van der Waals surface area contributed by atoms with Gasteiger partial charge in [0.1, 0.15) is 6.10 Å². The molecule has 0 saturated carbocycles.